The SMILES string of the molecule is BN1CC=C(c2cc(OC(C)C)c(NC#N)cc2C)CC1. The normalized spacial score (nSPS) is 15.5. The summed E-state index contributed by atoms with van der Waals surface area (Å²) in [6, 6.07) is 4.06. The van der Waals surface area contributed by atoms with Crippen LogP contribution in [0.5, 0.6) is 5.75 Å². The van der Waals surface area contributed by atoms with Crippen LogP contribution in [0.1, 0.15) is 31.4 Å². The van der Waals surface area contributed by atoms with Crippen molar-refractivity contribution in [2.24, 2.45) is 0 Å². The number of nitriles is 1. The van der Waals surface area contributed by atoms with Crippen LogP contribution in [0.25, 0.3) is 5.57 Å². The molecular weight excluding hydrogens is 261 g/mol. The first kappa shape index (κ1) is 15.5. The molecule has 0 atom stereocenters. The number of nitrogens with one attached hydrogen (secondary N) is 1. The lowest BCUT2D eigenvalue weighted by atomic mass is 9.94. The zero-order valence-electron chi connectivity index (χ0n) is 13.2. The summed E-state index contributed by atoms with van der Waals surface area (Å²) >= 11 is 0. The maximum atomic E-state index is 8.88. The number of hydrogen-bond acceptors (Lipinski definition) is 4. The van der Waals surface area contributed by atoms with E-state index >= 15 is 0 Å². The van der Waals surface area contributed by atoms with E-state index < -0.39 is 0 Å². The summed E-state index contributed by atoms with van der Waals surface area (Å²) < 4.78 is 5.85. The van der Waals surface area contributed by atoms with Gasteiger partial charge in [-0.25, -0.2) is 0 Å². The number of anilines is 1. The van der Waals surface area contributed by atoms with Gasteiger partial charge in [0, 0.05) is 6.54 Å². The Bertz CT molecular complexity index is 590. The van der Waals surface area contributed by atoms with Crippen molar-refractivity contribution in [3.8, 4) is 11.9 Å². The lowest BCUT2D eigenvalue weighted by Gasteiger charge is -2.24. The van der Waals surface area contributed by atoms with Crippen LogP contribution in [0.3, 0.4) is 0 Å². The fourth-order valence-electron chi connectivity index (χ4n) is 2.56. The molecule has 1 aliphatic heterocycles. The van der Waals surface area contributed by atoms with Crippen molar-refractivity contribution in [2.75, 3.05) is 18.4 Å². The van der Waals surface area contributed by atoms with Crippen LogP contribution >= 0.6 is 0 Å². The molecule has 4 nitrogen and oxygen atoms in total. The first-order valence-corrected chi connectivity index (χ1v) is 7.35. The fraction of sp³-hybridized carbons (Fsp3) is 0.438. The largest absolute Gasteiger partial charge is 0.489 e. The summed E-state index contributed by atoms with van der Waals surface area (Å²) in [5, 5.41) is 11.6. The standard InChI is InChI=1S/C16H22BN3O/c1-11(2)21-16-9-14(12(3)8-15(16)19-10-18)13-4-6-20(17)7-5-13/h4,8-9,11,19H,5-7,17H2,1-3H3. The summed E-state index contributed by atoms with van der Waals surface area (Å²) in [5.74, 6) is 0.743. The first-order chi connectivity index (χ1) is 10.0. The fourth-order valence-corrected chi connectivity index (χ4v) is 2.56. The lowest BCUT2D eigenvalue weighted by molar-refractivity contribution is 0.243. The predicted molar refractivity (Wildman–Crippen MR) is 88.9 cm³/mol. The highest BCUT2D eigenvalue weighted by atomic mass is 16.5. The van der Waals surface area contributed by atoms with Gasteiger partial charge in [-0.05, 0) is 62.6 Å². The molecule has 1 aliphatic rings. The summed E-state index contributed by atoms with van der Waals surface area (Å²) in [6.45, 7) is 8.11. The van der Waals surface area contributed by atoms with Crippen LogP contribution in [-0.4, -0.2) is 32.0 Å². The van der Waals surface area contributed by atoms with Crippen molar-refractivity contribution in [1.29, 1.82) is 5.26 Å². The molecule has 1 aromatic rings. The molecule has 0 aromatic heterocycles. The van der Waals surface area contributed by atoms with Crippen molar-refractivity contribution < 1.29 is 4.74 Å². The lowest BCUT2D eigenvalue weighted by Crippen LogP contribution is -2.25. The molecule has 1 aromatic carbocycles. The minimum atomic E-state index is 0.0752. The Morgan fingerprint density at radius 1 is 1.43 bits per heavy atom. The molecule has 5 heteroatoms. The monoisotopic (exact) mass is 283 g/mol. The molecule has 0 saturated heterocycles. The minimum Gasteiger partial charge on any atom is -0.489 e. The van der Waals surface area contributed by atoms with Gasteiger partial charge in [-0.2, -0.15) is 5.26 Å². The van der Waals surface area contributed by atoms with E-state index in [0.29, 0.717) is 0 Å². The maximum Gasteiger partial charge on any atom is 0.185 e. The van der Waals surface area contributed by atoms with Gasteiger partial charge in [-0.15, -0.1) is 0 Å². The second-order valence-electron chi connectivity index (χ2n) is 5.81. The zero-order chi connectivity index (χ0) is 15.4. The maximum absolute atomic E-state index is 8.88. The Morgan fingerprint density at radius 3 is 2.76 bits per heavy atom. The Labute approximate surface area is 127 Å². The highest BCUT2D eigenvalue weighted by Crippen LogP contribution is 2.34. The van der Waals surface area contributed by atoms with Gasteiger partial charge in [-0.3, -0.25) is 5.32 Å². The van der Waals surface area contributed by atoms with E-state index in [1.807, 2.05) is 26.1 Å². The van der Waals surface area contributed by atoms with E-state index in [2.05, 4.69) is 37.2 Å². The van der Waals surface area contributed by atoms with Gasteiger partial charge in [0.25, 0.3) is 0 Å². The van der Waals surface area contributed by atoms with Crippen molar-refractivity contribution in [2.45, 2.75) is 33.3 Å². The molecule has 1 heterocycles. The Kier molecular flexibility index (Phi) is 4.92. The topological polar surface area (TPSA) is 48.3 Å². The smallest absolute Gasteiger partial charge is 0.185 e. The third kappa shape index (κ3) is 3.80. The number of hydrogen-bond donors (Lipinski definition) is 1. The second-order valence-corrected chi connectivity index (χ2v) is 5.81. The number of ether oxygens (including phenoxy) is 1. The summed E-state index contributed by atoms with van der Waals surface area (Å²) in [7, 11) is 2.13. The van der Waals surface area contributed by atoms with Crippen molar-refractivity contribution in [1.82, 2.24) is 4.81 Å². The van der Waals surface area contributed by atoms with Gasteiger partial charge >= 0.3 is 0 Å². The summed E-state index contributed by atoms with van der Waals surface area (Å²) in [4.78, 5) is 2.30. The van der Waals surface area contributed by atoms with Gasteiger partial charge in [0.1, 0.15) is 5.75 Å². The van der Waals surface area contributed by atoms with Crippen molar-refractivity contribution >= 4 is 19.2 Å². The predicted octanol–water partition coefficient (Wildman–Crippen LogP) is 2.31. The van der Waals surface area contributed by atoms with Crippen molar-refractivity contribution in [3.05, 3.63) is 29.3 Å². The van der Waals surface area contributed by atoms with Crippen LogP contribution < -0.4 is 10.1 Å². The third-order valence-electron chi connectivity index (χ3n) is 3.64. The molecule has 0 amide bonds. The molecule has 21 heavy (non-hydrogen) atoms. The minimum absolute atomic E-state index is 0.0752. The van der Waals surface area contributed by atoms with E-state index in [1.54, 1.807) is 0 Å². The van der Waals surface area contributed by atoms with Gasteiger partial charge in [0.15, 0.2) is 14.2 Å². The van der Waals surface area contributed by atoms with E-state index in [9.17, 15) is 0 Å². The molecule has 0 radical (unpaired) electrons. The number of aryl methyl sites for hydroxylation is 1. The molecule has 1 N–H and O–H groups in total. The average molecular weight is 283 g/mol. The molecule has 0 saturated carbocycles. The molecule has 0 fully saturated rings. The highest BCUT2D eigenvalue weighted by molar-refractivity contribution is 6.04. The van der Waals surface area contributed by atoms with Gasteiger partial charge in [0.05, 0.1) is 11.8 Å². The molecule has 0 unspecified atom stereocenters. The summed E-state index contributed by atoms with van der Waals surface area (Å²) in [5.41, 5.74) is 4.49. The molecular formula is C16H22BN3O. The van der Waals surface area contributed by atoms with Crippen LogP contribution in [0, 0.1) is 18.4 Å². The summed E-state index contributed by atoms with van der Waals surface area (Å²) in [6.07, 6.45) is 5.38. The van der Waals surface area contributed by atoms with Crippen LogP contribution in [0.2, 0.25) is 0 Å². The number of rotatable bonds is 4. The molecule has 110 valence electrons. The Morgan fingerprint density at radius 2 is 2.19 bits per heavy atom. The first-order valence-electron chi connectivity index (χ1n) is 7.35. The number of benzene rings is 1. The Balaban J connectivity index is 2.40. The van der Waals surface area contributed by atoms with E-state index in [0.717, 1.165) is 30.9 Å². The second kappa shape index (κ2) is 6.69. The third-order valence-corrected chi connectivity index (χ3v) is 3.64. The highest BCUT2D eigenvalue weighted by Gasteiger charge is 2.15. The quantitative estimate of drug-likeness (QED) is 0.523. The van der Waals surface area contributed by atoms with Gasteiger partial charge < -0.3 is 9.55 Å². The van der Waals surface area contributed by atoms with Crippen LogP contribution in [-0.2, 0) is 0 Å². The number of nitrogens with zero attached hydrogens (tertiary/aromatic N) is 2. The van der Waals surface area contributed by atoms with Gasteiger partial charge in [0.2, 0.25) is 0 Å². The Hall–Kier alpha value is -1.93. The molecule has 0 bridgehead atoms. The molecule has 0 spiro atoms. The van der Waals surface area contributed by atoms with E-state index in [4.69, 9.17) is 10.00 Å². The van der Waals surface area contributed by atoms with Gasteiger partial charge in [-0.1, -0.05) is 6.08 Å². The van der Waals surface area contributed by atoms with Crippen LogP contribution in [0.15, 0.2) is 18.2 Å². The zero-order valence-corrected chi connectivity index (χ0v) is 13.2. The van der Waals surface area contributed by atoms with Crippen molar-refractivity contribution in [3.63, 3.8) is 0 Å². The molecule has 0 aliphatic carbocycles. The van der Waals surface area contributed by atoms with E-state index in [1.165, 1.54) is 16.7 Å². The van der Waals surface area contributed by atoms with Crippen LogP contribution in [0.4, 0.5) is 5.69 Å². The average Bonchev–Trinajstić information content (AvgIpc) is 2.42. The van der Waals surface area contributed by atoms with E-state index in [-0.39, 0.29) is 6.10 Å². The molecule has 2 rings (SSSR count).